The molecule has 1 N–H and O–H groups in total. The van der Waals surface area contributed by atoms with Gasteiger partial charge < -0.3 is 19.3 Å². The van der Waals surface area contributed by atoms with Crippen LogP contribution in [0.25, 0.3) is 22.1 Å². The monoisotopic (exact) mass is 499 g/mol. The molecule has 1 aliphatic carbocycles. The number of aromatic nitrogens is 1. The zero-order valence-electron chi connectivity index (χ0n) is 21.8. The van der Waals surface area contributed by atoms with E-state index >= 15 is 0 Å². The first-order valence-electron chi connectivity index (χ1n) is 12.8. The van der Waals surface area contributed by atoms with Crippen LogP contribution >= 0.6 is 0 Å². The van der Waals surface area contributed by atoms with E-state index in [1.165, 1.54) is 5.56 Å². The molecule has 6 heteroatoms. The number of aryl methyl sites for hydroxylation is 1. The molecular formula is C31H33NO5. The van der Waals surface area contributed by atoms with Gasteiger partial charge in [0.1, 0.15) is 5.76 Å². The fraction of sp³-hybridized carbons (Fsp3) is 0.355. The number of pyridine rings is 1. The average molecular weight is 500 g/mol. The predicted molar refractivity (Wildman–Crippen MR) is 144 cm³/mol. The topological polar surface area (TPSA) is 77.9 Å². The Morgan fingerprint density at radius 3 is 2.78 bits per heavy atom. The molecule has 37 heavy (non-hydrogen) atoms. The van der Waals surface area contributed by atoms with Crippen LogP contribution in [0.15, 0.2) is 54.7 Å². The number of rotatable bonds is 8. The van der Waals surface area contributed by atoms with Crippen LogP contribution < -0.4 is 0 Å². The van der Waals surface area contributed by atoms with Crippen LogP contribution in [0.3, 0.4) is 0 Å². The third kappa shape index (κ3) is 4.79. The standard InChI is InChI=1S/C31H33NO5/c1-5-35-18-31(3,4)37-29(30(33)34)25-19(2)17-21-9-6-7-10-22(21)27(25)23-11-8-12-24-26-20(14-16-36-24)13-15-32-28(23)26/h6-7,9-13,15,17,29H,5,8,14,16,18H2,1-4H3,(H,33,34). The molecule has 3 aromatic rings. The molecule has 0 radical (unpaired) electrons. The molecule has 0 spiro atoms. The number of hydrogen-bond donors (Lipinski definition) is 1. The highest BCUT2D eigenvalue weighted by atomic mass is 16.6. The van der Waals surface area contributed by atoms with Crippen molar-refractivity contribution in [1.82, 2.24) is 4.98 Å². The van der Waals surface area contributed by atoms with E-state index in [9.17, 15) is 9.90 Å². The molecular weight excluding hydrogens is 466 g/mol. The largest absolute Gasteiger partial charge is 0.493 e. The van der Waals surface area contributed by atoms with Crippen LogP contribution in [-0.4, -0.2) is 41.5 Å². The molecule has 0 bridgehead atoms. The van der Waals surface area contributed by atoms with E-state index in [0.29, 0.717) is 25.2 Å². The summed E-state index contributed by atoms with van der Waals surface area (Å²) < 4.78 is 18.0. The summed E-state index contributed by atoms with van der Waals surface area (Å²) in [5, 5.41) is 12.5. The molecule has 1 atom stereocenters. The Kier molecular flexibility index (Phi) is 6.88. The maximum Gasteiger partial charge on any atom is 0.337 e. The molecule has 2 aliphatic rings. The number of nitrogens with zero attached hydrogens (tertiary/aromatic N) is 1. The molecule has 192 valence electrons. The number of carboxylic acids is 1. The smallest absolute Gasteiger partial charge is 0.337 e. The molecule has 6 nitrogen and oxygen atoms in total. The Morgan fingerprint density at radius 1 is 1.19 bits per heavy atom. The summed E-state index contributed by atoms with van der Waals surface area (Å²) in [6.07, 6.45) is 6.32. The van der Waals surface area contributed by atoms with Gasteiger partial charge in [-0.2, -0.15) is 0 Å². The average Bonchev–Trinajstić information content (AvgIpc) is 3.06. The highest BCUT2D eigenvalue weighted by molar-refractivity contribution is 6.02. The lowest BCUT2D eigenvalue weighted by Gasteiger charge is -2.31. The number of hydrogen-bond acceptors (Lipinski definition) is 5. The van der Waals surface area contributed by atoms with E-state index in [-0.39, 0.29) is 6.61 Å². The minimum atomic E-state index is -1.19. The molecule has 2 aromatic carbocycles. The number of carbonyl (C=O) groups is 1. The van der Waals surface area contributed by atoms with Crippen molar-refractivity contribution in [3.05, 3.63) is 88.3 Å². The maximum atomic E-state index is 12.8. The molecule has 0 amide bonds. The van der Waals surface area contributed by atoms with Crippen LogP contribution in [0.5, 0.6) is 0 Å². The van der Waals surface area contributed by atoms with E-state index in [2.05, 4.69) is 18.2 Å². The quantitative estimate of drug-likeness (QED) is 0.395. The van der Waals surface area contributed by atoms with E-state index < -0.39 is 17.7 Å². The fourth-order valence-electron chi connectivity index (χ4n) is 5.36. The summed E-state index contributed by atoms with van der Waals surface area (Å²) >= 11 is 0. The fourth-order valence-corrected chi connectivity index (χ4v) is 5.36. The minimum absolute atomic E-state index is 0.288. The number of carboxylic acid groups (broad SMARTS) is 1. The van der Waals surface area contributed by atoms with Gasteiger partial charge in [0, 0.05) is 35.9 Å². The van der Waals surface area contributed by atoms with Gasteiger partial charge in [0.15, 0.2) is 6.10 Å². The Balaban J connectivity index is 1.77. The number of benzene rings is 2. The zero-order valence-corrected chi connectivity index (χ0v) is 21.8. The summed E-state index contributed by atoms with van der Waals surface area (Å²) in [6, 6.07) is 12.2. The lowest BCUT2D eigenvalue weighted by molar-refractivity contribution is -0.168. The van der Waals surface area contributed by atoms with Gasteiger partial charge in [-0.1, -0.05) is 36.4 Å². The summed E-state index contributed by atoms with van der Waals surface area (Å²) in [7, 11) is 0. The predicted octanol–water partition coefficient (Wildman–Crippen LogP) is 6.25. The number of fused-ring (bicyclic) bond motifs is 1. The van der Waals surface area contributed by atoms with E-state index in [1.807, 2.05) is 64.2 Å². The number of ether oxygens (including phenoxy) is 3. The van der Waals surface area contributed by atoms with Crippen molar-refractivity contribution in [3.8, 4) is 0 Å². The summed E-state index contributed by atoms with van der Waals surface area (Å²) in [5.41, 5.74) is 5.44. The second-order valence-corrected chi connectivity index (χ2v) is 10.2. The Hall–Kier alpha value is -3.48. The van der Waals surface area contributed by atoms with E-state index in [4.69, 9.17) is 19.2 Å². The van der Waals surface area contributed by atoms with Gasteiger partial charge in [-0.05, 0) is 73.7 Å². The van der Waals surface area contributed by atoms with Gasteiger partial charge >= 0.3 is 5.97 Å². The Bertz CT molecular complexity index is 1420. The Labute approximate surface area is 217 Å². The highest BCUT2D eigenvalue weighted by Gasteiger charge is 2.35. The van der Waals surface area contributed by atoms with Gasteiger partial charge in [-0.3, -0.25) is 4.98 Å². The van der Waals surface area contributed by atoms with E-state index in [0.717, 1.165) is 50.9 Å². The number of aliphatic carboxylic acids is 1. The van der Waals surface area contributed by atoms with Crippen molar-refractivity contribution < 1.29 is 24.1 Å². The van der Waals surface area contributed by atoms with Gasteiger partial charge in [-0.15, -0.1) is 0 Å². The van der Waals surface area contributed by atoms with Crippen LogP contribution in [0, 0.1) is 6.92 Å². The van der Waals surface area contributed by atoms with Crippen molar-refractivity contribution in [1.29, 1.82) is 0 Å². The Morgan fingerprint density at radius 2 is 2.00 bits per heavy atom. The zero-order chi connectivity index (χ0) is 26.2. The lowest BCUT2D eigenvalue weighted by Crippen LogP contribution is -2.35. The first-order valence-corrected chi connectivity index (χ1v) is 12.8. The third-order valence-electron chi connectivity index (χ3n) is 6.94. The third-order valence-corrected chi connectivity index (χ3v) is 6.94. The van der Waals surface area contributed by atoms with Gasteiger partial charge in [0.2, 0.25) is 0 Å². The molecule has 0 fully saturated rings. The minimum Gasteiger partial charge on any atom is -0.493 e. The van der Waals surface area contributed by atoms with Crippen molar-refractivity contribution in [2.24, 2.45) is 0 Å². The number of allylic oxidation sites excluding steroid dienone is 2. The molecule has 0 saturated carbocycles. The molecule has 1 aliphatic heterocycles. The summed E-state index contributed by atoms with van der Waals surface area (Å²) in [6.45, 7) is 9.05. The van der Waals surface area contributed by atoms with Crippen LogP contribution in [-0.2, 0) is 25.4 Å². The van der Waals surface area contributed by atoms with Crippen LogP contribution in [0.2, 0.25) is 0 Å². The lowest BCUT2D eigenvalue weighted by atomic mass is 9.84. The molecule has 1 aromatic heterocycles. The molecule has 1 unspecified atom stereocenters. The van der Waals surface area contributed by atoms with E-state index in [1.54, 1.807) is 0 Å². The van der Waals surface area contributed by atoms with Crippen molar-refractivity contribution in [3.63, 3.8) is 0 Å². The maximum absolute atomic E-state index is 12.8. The molecule has 0 saturated heterocycles. The SMILES string of the molecule is CCOCC(C)(C)OC(C(=O)O)c1c(C)cc2ccccc2c1C1=CCC=C2OCCc3ccnc1c32. The van der Waals surface area contributed by atoms with Gasteiger partial charge in [0.05, 0.1) is 24.5 Å². The van der Waals surface area contributed by atoms with Crippen LogP contribution in [0.4, 0.5) is 0 Å². The normalized spacial score (nSPS) is 15.8. The highest BCUT2D eigenvalue weighted by Crippen LogP contribution is 2.44. The first kappa shape index (κ1) is 25.2. The molecule has 2 heterocycles. The van der Waals surface area contributed by atoms with Crippen molar-refractivity contribution in [2.45, 2.75) is 52.2 Å². The summed E-state index contributed by atoms with van der Waals surface area (Å²) in [5.74, 6) is -0.193. The van der Waals surface area contributed by atoms with Crippen molar-refractivity contribution in [2.75, 3.05) is 19.8 Å². The molecule has 5 rings (SSSR count). The van der Waals surface area contributed by atoms with Crippen LogP contribution in [0.1, 0.15) is 66.8 Å². The van der Waals surface area contributed by atoms with Gasteiger partial charge in [-0.25, -0.2) is 4.79 Å². The second-order valence-electron chi connectivity index (χ2n) is 10.2. The second kappa shape index (κ2) is 10.1. The van der Waals surface area contributed by atoms with Gasteiger partial charge in [0.25, 0.3) is 0 Å². The van der Waals surface area contributed by atoms with Crippen molar-refractivity contribution >= 4 is 28.1 Å². The first-order chi connectivity index (χ1) is 17.8. The summed E-state index contributed by atoms with van der Waals surface area (Å²) in [4.78, 5) is 17.6.